The van der Waals surface area contributed by atoms with Gasteiger partial charge in [-0.15, -0.1) is 0 Å². The number of halogens is 1. The molecule has 1 fully saturated rings. The number of carbonyl (C=O) groups excluding carboxylic acids is 1. The van der Waals surface area contributed by atoms with Crippen LogP contribution in [0.5, 0.6) is 0 Å². The van der Waals surface area contributed by atoms with Crippen LogP contribution in [-0.2, 0) is 11.2 Å². The summed E-state index contributed by atoms with van der Waals surface area (Å²) < 4.78 is 10.9. The summed E-state index contributed by atoms with van der Waals surface area (Å²) >= 11 is 5.93. The molecule has 2 N–H and O–H groups in total. The molecule has 2 aromatic rings. The zero-order valence-electron chi connectivity index (χ0n) is 13.6. The number of aryl methyl sites for hydroxylation is 2. The smallest absolute Gasteiger partial charge is 0.319 e. The van der Waals surface area contributed by atoms with Gasteiger partial charge in [-0.05, 0) is 37.5 Å². The Labute approximate surface area is 145 Å². The molecule has 0 radical (unpaired) electrons. The summed E-state index contributed by atoms with van der Waals surface area (Å²) in [5.41, 5.74) is 2.37. The molecule has 2 heterocycles. The van der Waals surface area contributed by atoms with E-state index in [1.807, 2.05) is 31.2 Å². The van der Waals surface area contributed by atoms with Crippen molar-refractivity contribution in [1.82, 2.24) is 10.5 Å². The molecule has 128 valence electrons. The van der Waals surface area contributed by atoms with E-state index in [2.05, 4.69) is 15.8 Å². The lowest BCUT2D eigenvalue weighted by atomic mass is 10.0. The maximum atomic E-state index is 12.3. The van der Waals surface area contributed by atoms with E-state index < -0.39 is 0 Å². The molecular weight excluding hydrogens is 330 g/mol. The molecule has 1 aromatic carbocycles. The Morgan fingerprint density at radius 1 is 1.38 bits per heavy atom. The molecule has 1 aliphatic heterocycles. The number of rotatable bonds is 4. The summed E-state index contributed by atoms with van der Waals surface area (Å²) in [7, 11) is 0. The maximum Gasteiger partial charge on any atom is 0.319 e. The van der Waals surface area contributed by atoms with Crippen molar-refractivity contribution >= 4 is 23.3 Å². The molecule has 2 atom stereocenters. The monoisotopic (exact) mass is 349 g/mol. The third kappa shape index (κ3) is 3.55. The summed E-state index contributed by atoms with van der Waals surface area (Å²) in [6.45, 7) is 4.34. The number of benzene rings is 1. The number of amides is 2. The molecule has 0 spiro atoms. The highest BCUT2D eigenvalue weighted by molar-refractivity contribution is 6.30. The first-order valence-corrected chi connectivity index (χ1v) is 8.36. The summed E-state index contributed by atoms with van der Waals surface area (Å²) in [5, 5.41) is 10.4. The number of anilines is 1. The SMILES string of the molecule is CCc1noc(C)c1NC(=O)N[C@@H]1CCO[C@@H]1c1ccc(Cl)cc1. The summed E-state index contributed by atoms with van der Waals surface area (Å²) in [5.74, 6) is 0.596. The number of carbonyl (C=O) groups is 1. The Morgan fingerprint density at radius 3 is 2.83 bits per heavy atom. The minimum absolute atomic E-state index is 0.101. The maximum absolute atomic E-state index is 12.3. The fourth-order valence-corrected chi connectivity index (χ4v) is 2.98. The minimum Gasteiger partial charge on any atom is -0.371 e. The largest absolute Gasteiger partial charge is 0.371 e. The van der Waals surface area contributed by atoms with Gasteiger partial charge in [0.05, 0.1) is 6.04 Å². The highest BCUT2D eigenvalue weighted by atomic mass is 35.5. The Kier molecular flexibility index (Phi) is 5.06. The van der Waals surface area contributed by atoms with Crippen LogP contribution in [0.25, 0.3) is 0 Å². The van der Waals surface area contributed by atoms with E-state index in [-0.39, 0.29) is 18.2 Å². The minimum atomic E-state index is -0.287. The third-order valence-corrected chi connectivity index (χ3v) is 4.37. The van der Waals surface area contributed by atoms with Crippen LogP contribution in [0.2, 0.25) is 5.02 Å². The summed E-state index contributed by atoms with van der Waals surface area (Å²) in [6, 6.07) is 7.10. The van der Waals surface area contributed by atoms with E-state index in [1.54, 1.807) is 6.92 Å². The van der Waals surface area contributed by atoms with Gasteiger partial charge in [0.1, 0.15) is 17.5 Å². The van der Waals surface area contributed by atoms with Gasteiger partial charge in [-0.1, -0.05) is 35.8 Å². The molecule has 6 nitrogen and oxygen atoms in total. The van der Waals surface area contributed by atoms with Crippen LogP contribution in [0.1, 0.15) is 36.5 Å². The van der Waals surface area contributed by atoms with Gasteiger partial charge in [0.15, 0.2) is 5.76 Å². The molecular formula is C17H20ClN3O3. The van der Waals surface area contributed by atoms with E-state index >= 15 is 0 Å². The van der Waals surface area contributed by atoms with Crippen LogP contribution in [0.15, 0.2) is 28.8 Å². The zero-order valence-corrected chi connectivity index (χ0v) is 14.4. The topological polar surface area (TPSA) is 76.4 Å². The molecule has 24 heavy (non-hydrogen) atoms. The molecule has 0 unspecified atom stereocenters. The number of nitrogens with one attached hydrogen (secondary N) is 2. The van der Waals surface area contributed by atoms with Gasteiger partial charge in [0.25, 0.3) is 0 Å². The van der Waals surface area contributed by atoms with Gasteiger partial charge in [-0.25, -0.2) is 4.79 Å². The van der Waals surface area contributed by atoms with E-state index in [4.69, 9.17) is 20.9 Å². The second-order valence-electron chi connectivity index (χ2n) is 5.75. The van der Waals surface area contributed by atoms with Gasteiger partial charge in [-0.3, -0.25) is 0 Å². The first-order valence-electron chi connectivity index (χ1n) is 7.98. The molecule has 0 aliphatic carbocycles. The van der Waals surface area contributed by atoms with Gasteiger partial charge in [-0.2, -0.15) is 0 Å². The van der Waals surface area contributed by atoms with Crippen molar-refractivity contribution < 1.29 is 14.1 Å². The molecule has 3 rings (SSSR count). The van der Waals surface area contributed by atoms with Crippen LogP contribution in [0.4, 0.5) is 10.5 Å². The van der Waals surface area contributed by atoms with Crippen LogP contribution in [0, 0.1) is 6.92 Å². The van der Waals surface area contributed by atoms with Crippen molar-refractivity contribution in [3.63, 3.8) is 0 Å². The second kappa shape index (κ2) is 7.23. The van der Waals surface area contributed by atoms with Gasteiger partial charge in [0, 0.05) is 11.6 Å². The second-order valence-corrected chi connectivity index (χ2v) is 6.19. The van der Waals surface area contributed by atoms with Gasteiger partial charge < -0.3 is 19.9 Å². The summed E-state index contributed by atoms with van der Waals surface area (Å²) in [4.78, 5) is 12.3. The fourth-order valence-electron chi connectivity index (χ4n) is 2.86. The van der Waals surface area contributed by atoms with Gasteiger partial charge >= 0.3 is 6.03 Å². The van der Waals surface area contributed by atoms with Crippen LogP contribution >= 0.6 is 11.6 Å². The standard InChI is InChI=1S/C17H20ClN3O3/c1-3-13-15(10(2)24-21-13)20-17(22)19-14-8-9-23-16(14)11-4-6-12(18)7-5-11/h4-7,14,16H,3,8-9H2,1-2H3,(H2,19,20,22)/t14-,16-/m1/s1. The number of urea groups is 1. The molecule has 2 amide bonds. The van der Waals surface area contributed by atoms with E-state index in [9.17, 15) is 4.79 Å². The average molecular weight is 350 g/mol. The van der Waals surface area contributed by atoms with E-state index in [0.29, 0.717) is 29.5 Å². The van der Waals surface area contributed by atoms with E-state index in [0.717, 1.165) is 17.7 Å². The van der Waals surface area contributed by atoms with Crippen LogP contribution in [0.3, 0.4) is 0 Å². The van der Waals surface area contributed by atoms with Crippen LogP contribution in [-0.4, -0.2) is 23.8 Å². The first-order chi connectivity index (χ1) is 11.6. The van der Waals surface area contributed by atoms with Crippen LogP contribution < -0.4 is 10.6 Å². The number of ether oxygens (including phenoxy) is 1. The quantitative estimate of drug-likeness (QED) is 0.879. The first kappa shape index (κ1) is 16.8. The number of nitrogens with zero attached hydrogens (tertiary/aromatic N) is 1. The fraction of sp³-hybridized carbons (Fsp3) is 0.412. The third-order valence-electron chi connectivity index (χ3n) is 4.11. The van der Waals surface area contributed by atoms with Crippen molar-refractivity contribution in [3.05, 3.63) is 46.3 Å². The Hall–Kier alpha value is -2.05. The molecule has 1 aromatic heterocycles. The summed E-state index contributed by atoms with van der Waals surface area (Å²) in [6.07, 6.45) is 1.26. The normalized spacial score (nSPS) is 20.1. The number of aromatic nitrogens is 1. The predicted octanol–water partition coefficient (Wildman–Crippen LogP) is 3.85. The highest BCUT2D eigenvalue weighted by Gasteiger charge is 2.31. The Bertz CT molecular complexity index is 714. The Balaban J connectivity index is 1.67. The number of hydrogen-bond acceptors (Lipinski definition) is 4. The lowest BCUT2D eigenvalue weighted by molar-refractivity contribution is 0.100. The number of hydrogen-bond donors (Lipinski definition) is 2. The predicted molar refractivity (Wildman–Crippen MR) is 91.3 cm³/mol. The lowest BCUT2D eigenvalue weighted by Gasteiger charge is -2.20. The van der Waals surface area contributed by atoms with Crippen molar-refractivity contribution in [3.8, 4) is 0 Å². The van der Waals surface area contributed by atoms with Crippen molar-refractivity contribution in [2.45, 2.75) is 38.8 Å². The zero-order chi connectivity index (χ0) is 17.1. The molecule has 7 heteroatoms. The molecule has 0 bridgehead atoms. The van der Waals surface area contributed by atoms with Gasteiger partial charge in [0.2, 0.25) is 0 Å². The van der Waals surface area contributed by atoms with Crippen molar-refractivity contribution in [2.24, 2.45) is 0 Å². The average Bonchev–Trinajstić information content (AvgIpc) is 3.16. The highest BCUT2D eigenvalue weighted by Crippen LogP contribution is 2.30. The Morgan fingerprint density at radius 2 is 2.12 bits per heavy atom. The molecule has 1 aliphatic rings. The molecule has 0 saturated carbocycles. The van der Waals surface area contributed by atoms with Crippen molar-refractivity contribution in [1.29, 1.82) is 0 Å². The van der Waals surface area contributed by atoms with Crippen molar-refractivity contribution in [2.75, 3.05) is 11.9 Å². The lowest BCUT2D eigenvalue weighted by Crippen LogP contribution is -2.39. The van der Waals surface area contributed by atoms with E-state index in [1.165, 1.54) is 0 Å². The molecule has 1 saturated heterocycles.